The summed E-state index contributed by atoms with van der Waals surface area (Å²) >= 11 is 5.93. The van der Waals surface area contributed by atoms with E-state index in [1.54, 1.807) is 29.6 Å². The topological polar surface area (TPSA) is 222 Å². The van der Waals surface area contributed by atoms with E-state index in [9.17, 15) is 14.4 Å². The Morgan fingerprint density at radius 3 is 1.77 bits per heavy atom. The van der Waals surface area contributed by atoms with Crippen molar-refractivity contribution in [3.05, 3.63) is 77.0 Å². The molecule has 1 aliphatic carbocycles. The van der Waals surface area contributed by atoms with Crippen LogP contribution < -0.4 is 21.7 Å². The van der Waals surface area contributed by atoms with E-state index in [0.717, 1.165) is 36.5 Å². The second-order valence-corrected chi connectivity index (χ2v) is 16.0. The first-order valence-corrected chi connectivity index (χ1v) is 20.4. The Kier molecular flexibility index (Phi) is 18.0. The molecule has 6 rings (SSSR count). The molecule has 0 radical (unpaired) electrons. The quantitative estimate of drug-likeness (QED) is 0.0684. The lowest BCUT2D eigenvalue weighted by Gasteiger charge is -2.33. The predicted molar refractivity (Wildman–Crippen MR) is 231 cm³/mol. The van der Waals surface area contributed by atoms with Gasteiger partial charge in [0.1, 0.15) is 39.3 Å². The monoisotopic (exact) mass is 847 g/mol. The minimum absolute atomic E-state index is 0.266. The summed E-state index contributed by atoms with van der Waals surface area (Å²) in [5.41, 5.74) is 8.61. The van der Waals surface area contributed by atoms with Gasteiger partial charge in [0.15, 0.2) is 0 Å². The maximum absolute atomic E-state index is 12.1. The summed E-state index contributed by atoms with van der Waals surface area (Å²) in [6, 6.07) is 3.43. The van der Waals surface area contributed by atoms with E-state index >= 15 is 0 Å². The molecule has 1 saturated carbocycles. The molecule has 17 nitrogen and oxygen atoms in total. The van der Waals surface area contributed by atoms with E-state index in [-0.39, 0.29) is 6.09 Å². The number of carbonyl (C=O) groups excluding carboxylic acids is 3. The van der Waals surface area contributed by atoms with Crippen LogP contribution in [0.4, 0.5) is 33.6 Å². The standard InChI is InChI=1S/C19H25N5O2.C18H26ClN3O4.C5H7N3/c1-13-9-22-18(12-20-13)24-17-8-16(15(11-23-17)19(25)26-2)21-10-14-6-4-3-5-7-14;1-18(2,3)26-17(24)22-7-5-12(6-8-22)10-20-14-9-15(19)21-11-13(14)16(23)25-4;1-4-2-8-5(6)3-7-4/h8-9,11-12,14H,3-7,10H2,1-2H3,(H2,21,22,23,24);9,11-12H,5-8,10H2,1-4H3,(H,20,21);2-3H,1H3,(H2,6,8). The normalized spacial score (nSPS) is 14.3. The number of ether oxygens (including phenoxy) is 3. The lowest BCUT2D eigenvalue weighted by atomic mass is 9.89. The van der Waals surface area contributed by atoms with Gasteiger partial charge in [0.2, 0.25) is 0 Å². The first-order valence-electron chi connectivity index (χ1n) is 20.0. The third-order valence-electron chi connectivity index (χ3n) is 9.58. The minimum atomic E-state index is -0.486. The Morgan fingerprint density at radius 2 is 1.25 bits per heavy atom. The average molecular weight is 848 g/mol. The van der Waals surface area contributed by atoms with Crippen LogP contribution in [0.5, 0.6) is 0 Å². The van der Waals surface area contributed by atoms with Crippen molar-refractivity contribution in [1.29, 1.82) is 0 Å². The van der Waals surface area contributed by atoms with Crippen molar-refractivity contribution in [3.8, 4) is 0 Å². The summed E-state index contributed by atoms with van der Waals surface area (Å²) < 4.78 is 15.1. The lowest BCUT2D eigenvalue weighted by molar-refractivity contribution is 0.0187. The van der Waals surface area contributed by atoms with Gasteiger partial charge in [0.05, 0.1) is 61.8 Å². The SMILES string of the molecule is COC(=O)c1cnc(Cl)cc1NCC1CCN(C(=O)OC(C)(C)C)CC1.COC(=O)c1cnc(Nc2cnc(C)cn2)cc1NCC1CCCCC1.Cc1cnc(N)cn1. The third-order valence-corrected chi connectivity index (χ3v) is 9.78. The molecule has 60 heavy (non-hydrogen) atoms. The molecule has 1 saturated heterocycles. The zero-order valence-electron chi connectivity index (χ0n) is 35.6. The summed E-state index contributed by atoms with van der Waals surface area (Å²) in [6.07, 6.45) is 17.3. The number of nitrogens with zero attached hydrogens (tertiary/aromatic N) is 7. The van der Waals surface area contributed by atoms with E-state index in [0.29, 0.717) is 70.9 Å². The minimum Gasteiger partial charge on any atom is -0.465 e. The molecular weight excluding hydrogens is 790 g/mol. The highest BCUT2D eigenvalue weighted by atomic mass is 35.5. The van der Waals surface area contributed by atoms with Crippen LogP contribution in [0.15, 0.2) is 49.3 Å². The number of nitrogens with two attached hydrogens (primary N) is 1. The highest BCUT2D eigenvalue weighted by Gasteiger charge is 2.27. The molecule has 1 amide bonds. The number of pyridine rings is 2. The summed E-state index contributed by atoms with van der Waals surface area (Å²) in [7, 11) is 2.70. The second-order valence-electron chi connectivity index (χ2n) is 15.6. The molecule has 1 aliphatic heterocycles. The van der Waals surface area contributed by atoms with E-state index in [4.69, 9.17) is 31.5 Å². The number of amides is 1. The van der Waals surface area contributed by atoms with Gasteiger partial charge < -0.3 is 40.8 Å². The fourth-order valence-corrected chi connectivity index (χ4v) is 6.49. The number of rotatable bonds is 10. The number of nitrogens with one attached hydrogen (secondary N) is 3. The third kappa shape index (κ3) is 15.7. The zero-order chi connectivity index (χ0) is 43.7. The number of aromatic nitrogens is 6. The van der Waals surface area contributed by atoms with Crippen LogP contribution in [0, 0.1) is 25.7 Å². The first-order chi connectivity index (χ1) is 28.6. The van der Waals surface area contributed by atoms with Crippen LogP contribution in [0.25, 0.3) is 0 Å². The highest BCUT2D eigenvalue weighted by Crippen LogP contribution is 2.27. The van der Waals surface area contributed by atoms with Crippen molar-refractivity contribution in [1.82, 2.24) is 34.8 Å². The van der Waals surface area contributed by atoms with E-state index < -0.39 is 17.5 Å². The zero-order valence-corrected chi connectivity index (χ0v) is 36.3. The molecule has 18 heteroatoms. The van der Waals surface area contributed by atoms with Gasteiger partial charge in [-0.25, -0.2) is 34.3 Å². The largest absolute Gasteiger partial charge is 0.465 e. The number of likely N-dealkylation sites (tertiary alicyclic amines) is 1. The smallest absolute Gasteiger partial charge is 0.410 e. The van der Waals surface area contributed by atoms with E-state index in [1.807, 2.05) is 40.7 Å². The lowest BCUT2D eigenvalue weighted by Crippen LogP contribution is -2.42. The van der Waals surface area contributed by atoms with Crippen LogP contribution in [-0.2, 0) is 14.2 Å². The molecule has 0 bridgehead atoms. The van der Waals surface area contributed by atoms with Crippen LogP contribution in [0.3, 0.4) is 0 Å². The fourth-order valence-electron chi connectivity index (χ4n) is 6.33. The van der Waals surface area contributed by atoms with Gasteiger partial charge in [0.25, 0.3) is 0 Å². The molecule has 324 valence electrons. The number of piperidine rings is 1. The highest BCUT2D eigenvalue weighted by molar-refractivity contribution is 6.29. The van der Waals surface area contributed by atoms with Crippen molar-refractivity contribution in [2.24, 2.45) is 11.8 Å². The molecule has 4 aromatic rings. The Morgan fingerprint density at radius 1 is 0.717 bits per heavy atom. The number of methoxy groups -OCH3 is 2. The van der Waals surface area contributed by atoms with Crippen molar-refractivity contribution in [3.63, 3.8) is 0 Å². The summed E-state index contributed by atoms with van der Waals surface area (Å²) in [5.74, 6) is 1.83. The summed E-state index contributed by atoms with van der Waals surface area (Å²) in [6.45, 7) is 12.2. The van der Waals surface area contributed by atoms with Gasteiger partial charge in [-0.15, -0.1) is 0 Å². The van der Waals surface area contributed by atoms with E-state index in [1.165, 1.54) is 64.9 Å². The van der Waals surface area contributed by atoms with Gasteiger partial charge in [-0.2, -0.15) is 0 Å². The number of hydrogen-bond donors (Lipinski definition) is 4. The number of hydrogen-bond acceptors (Lipinski definition) is 16. The van der Waals surface area contributed by atoms with Crippen LogP contribution >= 0.6 is 11.6 Å². The molecule has 0 unspecified atom stereocenters. The Labute approximate surface area is 357 Å². The van der Waals surface area contributed by atoms with Crippen molar-refractivity contribution < 1.29 is 28.6 Å². The van der Waals surface area contributed by atoms with Crippen LogP contribution in [0.1, 0.15) is 97.8 Å². The van der Waals surface area contributed by atoms with Gasteiger partial charge in [0, 0.05) is 44.6 Å². The van der Waals surface area contributed by atoms with Crippen molar-refractivity contribution in [2.45, 2.75) is 85.2 Å². The number of halogens is 1. The Balaban J connectivity index is 0.000000223. The molecule has 0 atom stereocenters. The maximum atomic E-state index is 12.1. The first kappa shape index (κ1) is 46.8. The van der Waals surface area contributed by atoms with Crippen LogP contribution in [-0.4, -0.2) is 98.8 Å². The van der Waals surface area contributed by atoms with Crippen molar-refractivity contribution in [2.75, 3.05) is 62.1 Å². The molecule has 2 aliphatic rings. The molecule has 5 heterocycles. The molecular formula is C42H58ClN11O6. The Bertz CT molecular complexity index is 1960. The maximum Gasteiger partial charge on any atom is 0.410 e. The van der Waals surface area contributed by atoms with Gasteiger partial charge in [-0.05, 0) is 78.2 Å². The molecule has 0 spiro atoms. The molecule has 0 aromatic carbocycles. The fraction of sp³-hybridized carbons (Fsp3) is 0.500. The van der Waals surface area contributed by atoms with E-state index in [2.05, 4.69) is 45.9 Å². The van der Waals surface area contributed by atoms with Gasteiger partial charge >= 0.3 is 18.0 Å². The van der Waals surface area contributed by atoms with Crippen molar-refractivity contribution >= 4 is 58.5 Å². The molecule has 4 aromatic heterocycles. The van der Waals surface area contributed by atoms with Gasteiger partial charge in [-0.1, -0.05) is 30.9 Å². The molecule has 5 N–H and O–H groups in total. The average Bonchev–Trinajstić information content (AvgIpc) is 3.24. The number of aryl methyl sites for hydroxylation is 2. The second kappa shape index (κ2) is 23.1. The van der Waals surface area contributed by atoms with Gasteiger partial charge in [-0.3, -0.25) is 9.97 Å². The number of anilines is 5. The number of nitrogen functional groups attached to an aromatic ring is 1. The summed E-state index contributed by atoms with van der Waals surface area (Å²) in [5, 5.41) is 10.1. The Hall–Kier alpha value is -5.84. The number of carbonyl (C=O) groups is 3. The predicted octanol–water partition coefficient (Wildman–Crippen LogP) is 7.65. The molecule has 2 fully saturated rings. The van der Waals surface area contributed by atoms with Crippen LogP contribution in [0.2, 0.25) is 5.15 Å². The number of esters is 2. The summed E-state index contributed by atoms with van der Waals surface area (Å²) in [4.78, 5) is 62.1.